The molecule has 0 spiro atoms. The summed E-state index contributed by atoms with van der Waals surface area (Å²) in [6.45, 7) is 3.27. The van der Waals surface area contributed by atoms with Gasteiger partial charge in [0.25, 0.3) is 5.95 Å². The number of anilines is 2. The molecule has 31 heavy (non-hydrogen) atoms. The largest absolute Gasteiger partial charge is 0.477 e. The summed E-state index contributed by atoms with van der Waals surface area (Å²) in [7, 11) is 0. The molecule has 1 fully saturated rings. The molecule has 10 nitrogen and oxygen atoms in total. The Bertz CT molecular complexity index is 1100. The Kier molecular flexibility index (Phi) is 5.59. The second kappa shape index (κ2) is 8.99. The third-order valence-corrected chi connectivity index (χ3v) is 5.20. The number of piperidine rings is 1. The van der Waals surface area contributed by atoms with Crippen LogP contribution in [0.2, 0.25) is 0 Å². The van der Waals surface area contributed by atoms with Crippen LogP contribution in [0.25, 0.3) is 10.9 Å². The topological polar surface area (TPSA) is 113 Å². The first kappa shape index (κ1) is 19.3. The predicted molar refractivity (Wildman–Crippen MR) is 119 cm³/mol. The van der Waals surface area contributed by atoms with Gasteiger partial charge in [-0.1, -0.05) is 18.2 Å². The van der Waals surface area contributed by atoms with Crippen LogP contribution in [0.4, 0.5) is 11.9 Å². The van der Waals surface area contributed by atoms with E-state index in [1.807, 2.05) is 30.5 Å². The summed E-state index contributed by atoms with van der Waals surface area (Å²) in [6, 6.07) is 8.29. The van der Waals surface area contributed by atoms with E-state index in [2.05, 4.69) is 40.4 Å². The minimum Gasteiger partial charge on any atom is -0.477 e. The van der Waals surface area contributed by atoms with Crippen molar-refractivity contribution in [2.75, 3.05) is 43.2 Å². The van der Waals surface area contributed by atoms with E-state index in [1.54, 1.807) is 6.21 Å². The van der Waals surface area contributed by atoms with Gasteiger partial charge in [-0.15, -0.1) is 0 Å². The quantitative estimate of drug-likeness (QED) is 0.446. The molecule has 0 unspecified atom stereocenters. The lowest BCUT2D eigenvalue weighted by Crippen LogP contribution is -2.31. The van der Waals surface area contributed by atoms with Gasteiger partial charge in [0.15, 0.2) is 6.61 Å². The fourth-order valence-electron chi connectivity index (χ4n) is 3.65. The van der Waals surface area contributed by atoms with E-state index in [0.29, 0.717) is 30.9 Å². The minimum absolute atomic E-state index is 0.196. The van der Waals surface area contributed by atoms with Crippen LogP contribution in [0.1, 0.15) is 24.8 Å². The summed E-state index contributed by atoms with van der Waals surface area (Å²) < 4.78 is 11.1. The van der Waals surface area contributed by atoms with E-state index >= 15 is 0 Å². The zero-order valence-corrected chi connectivity index (χ0v) is 17.1. The number of rotatable bonds is 7. The maximum Gasteiger partial charge on any atom is 0.323 e. The van der Waals surface area contributed by atoms with Crippen LogP contribution >= 0.6 is 0 Å². The zero-order chi connectivity index (χ0) is 20.9. The Labute approximate surface area is 179 Å². The summed E-state index contributed by atoms with van der Waals surface area (Å²) in [5.41, 5.74) is 4.95. The van der Waals surface area contributed by atoms with Gasteiger partial charge in [0, 0.05) is 35.8 Å². The fraction of sp³-hybridized carbons (Fsp3) is 0.381. The number of para-hydroxylation sites is 1. The number of aliphatic imine (C=N–C) groups is 1. The first-order valence-corrected chi connectivity index (χ1v) is 10.5. The van der Waals surface area contributed by atoms with E-state index in [0.717, 1.165) is 42.4 Å². The molecule has 10 heteroatoms. The molecule has 1 saturated heterocycles. The Morgan fingerprint density at radius 1 is 1.16 bits per heavy atom. The second-order valence-electron chi connectivity index (χ2n) is 7.36. The maximum atomic E-state index is 5.73. The van der Waals surface area contributed by atoms with Gasteiger partial charge in [-0.3, -0.25) is 0 Å². The molecule has 0 saturated carbocycles. The van der Waals surface area contributed by atoms with Crippen LogP contribution in [0.3, 0.4) is 0 Å². The highest BCUT2D eigenvalue weighted by Gasteiger charge is 2.18. The van der Waals surface area contributed by atoms with Crippen molar-refractivity contribution >= 4 is 34.9 Å². The Hall–Kier alpha value is -3.69. The lowest BCUT2D eigenvalue weighted by atomic mass is 10.1. The van der Waals surface area contributed by atoms with Crippen LogP contribution in [0, 0.1) is 0 Å². The second-order valence-corrected chi connectivity index (χ2v) is 7.36. The number of nitrogens with one attached hydrogen (secondary N) is 2. The van der Waals surface area contributed by atoms with Gasteiger partial charge >= 0.3 is 6.01 Å². The molecular weight excluding hydrogens is 396 g/mol. The predicted octanol–water partition coefficient (Wildman–Crippen LogP) is 2.60. The highest BCUT2D eigenvalue weighted by molar-refractivity contribution is 5.99. The number of aromatic amines is 1. The lowest BCUT2D eigenvalue weighted by Gasteiger charge is -2.26. The average molecular weight is 420 g/mol. The van der Waals surface area contributed by atoms with Crippen molar-refractivity contribution < 1.29 is 9.47 Å². The van der Waals surface area contributed by atoms with Crippen LogP contribution in [-0.2, 0) is 4.74 Å². The third kappa shape index (κ3) is 4.57. The molecule has 2 aromatic heterocycles. The smallest absolute Gasteiger partial charge is 0.323 e. The molecule has 0 radical (unpaired) electrons. The molecule has 5 rings (SSSR count). The van der Waals surface area contributed by atoms with Crippen molar-refractivity contribution in [3.05, 3.63) is 36.0 Å². The third-order valence-electron chi connectivity index (χ3n) is 5.20. The lowest BCUT2D eigenvalue weighted by molar-refractivity contribution is 0.281. The van der Waals surface area contributed by atoms with Gasteiger partial charge in [0.1, 0.15) is 6.61 Å². The molecular formula is C21H24N8O2. The number of hydrogen-bond donors (Lipinski definition) is 2. The number of ether oxygens (including phenoxy) is 2. The van der Waals surface area contributed by atoms with Crippen LogP contribution in [-0.4, -0.2) is 64.9 Å². The van der Waals surface area contributed by atoms with Crippen molar-refractivity contribution in [3.63, 3.8) is 0 Å². The monoisotopic (exact) mass is 420 g/mol. The molecule has 0 aliphatic carbocycles. The number of nitrogens with zero attached hydrogens (tertiary/aromatic N) is 6. The molecule has 1 aromatic carbocycles. The van der Waals surface area contributed by atoms with Crippen molar-refractivity contribution in [2.24, 2.45) is 10.1 Å². The van der Waals surface area contributed by atoms with Gasteiger partial charge in [0.05, 0.1) is 12.8 Å². The van der Waals surface area contributed by atoms with E-state index < -0.39 is 0 Å². The summed E-state index contributed by atoms with van der Waals surface area (Å²) in [5.74, 6) is 1.48. The van der Waals surface area contributed by atoms with Gasteiger partial charge in [-0.2, -0.15) is 20.1 Å². The Morgan fingerprint density at radius 2 is 2.06 bits per heavy atom. The van der Waals surface area contributed by atoms with Crippen molar-refractivity contribution in [1.29, 1.82) is 0 Å². The van der Waals surface area contributed by atoms with Gasteiger partial charge < -0.3 is 19.4 Å². The highest BCUT2D eigenvalue weighted by atomic mass is 16.5. The Morgan fingerprint density at radius 3 is 2.94 bits per heavy atom. The average Bonchev–Trinajstić information content (AvgIpc) is 3.49. The Balaban J connectivity index is 1.34. The van der Waals surface area contributed by atoms with Crippen molar-refractivity contribution in [3.8, 4) is 6.01 Å². The van der Waals surface area contributed by atoms with E-state index in [-0.39, 0.29) is 12.6 Å². The fourth-order valence-corrected chi connectivity index (χ4v) is 3.65. The summed E-state index contributed by atoms with van der Waals surface area (Å²) in [4.78, 5) is 23.0. The van der Waals surface area contributed by atoms with Gasteiger partial charge in [0.2, 0.25) is 11.8 Å². The molecule has 0 bridgehead atoms. The molecule has 2 aliphatic heterocycles. The SMILES string of the molecule is C(=N\Nc1nc(OCC2=NCCO2)nc(N2CCCCC2)n1)/c1c[nH]c2ccccc12. The number of hydrogen-bond acceptors (Lipinski definition) is 9. The van der Waals surface area contributed by atoms with E-state index in [4.69, 9.17) is 9.47 Å². The van der Waals surface area contributed by atoms with E-state index in [9.17, 15) is 0 Å². The van der Waals surface area contributed by atoms with Gasteiger partial charge in [-0.05, 0) is 25.3 Å². The highest BCUT2D eigenvalue weighted by Crippen LogP contribution is 2.20. The first-order valence-electron chi connectivity index (χ1n) is 10.5. The molecule has 4 heterocycles. The van der Waals surface area contributed by atoms with Crippen LogP contribution in [0.15, 0.2) is 40.6 Å². The molecule has 2 aliphatic rings. The number of aromatic nitrogens is 4. The van der Waals surface area contributed by atoms with Crippen LogP contribution in [0.5, 0.6) is 6.01 Å². The number of H-pyrrole nitrogens is 1. The standard InChI is InChI=1S/C21H24N8O2/c1-4-9-29(10-5-1)20-25-19(26-21(27-20)31-14-18-22-8-11-30-18)28-24-13-15-12-23-17-7-3-2-6-16(15)17/h2-3,6-7,12-13,23H,1,4-5,8-11,14H2,(H,25,26,27,28)/b24-13+. The number of hydrazone groups is 1. The maximum absolute atomic E-state index is 5.73. The molecule has 2 N–H and O–H groups in total. The number of benzene rings is 1. The molecule has 0 amide bonds. The molecule has 3 aromatic rings. The zero-order valence-electron chi connectivity index (χ0n) is 17.1. The normalized spacial score (nSPS) is 16.5. The van der Waals surface area contributed by atoms with E-state index in [1.165, 1.54) is 6.42 Å². The van der Waals surface area contributed by atoms with Crippen molar-refractivity contribution in [1.82, 2.24) is 19.9 Å². The molecule has 160 valence electrons. The minimum atomic E-state index is 0.196. The summed E-state index contributed by atoms with van der Waals surface area (Å²) in [6.07, 6.45) is 7.12. The summed E-state index contributed by atoms with van der Waals surface area (Å²) >= 11 is 0. The molecule has 0 atom stereocenters. The first-order chi connectivity index (χ1) is 15.3. The van der Waals surface area contributed by atoms with Crippen LogP contribution < -0.4 is 15.1 Å². The van der Waals surface area contributed by atoms with Gasteiger partial charge in [-0.25, -0.2) is 10.4 Å². The number of fused-ring (bicyclic) bond motifs is 1. The van der Waals surface area contributed by atoms with Crippen molar-refractivity contribution in [2.45, 2.75) is 19.3 Å². The summed E-state index contributed by atoms with van der Waals surface area (Å²) in [5, 5.41) is 5.43.